The number of anilines is 1. The molecule has 0 fully saturated rings. The Balaban J connectivity index is 2.28. The molecule has 170 valence electrons. The van der Waals surface area contributed by atoms with E-state index in [1.165, 1.54) is 11.3 Å². The predicted molar refractivity (Wildman–Crippen MR) is 117 cm³/mol. The monoisotopic (exact) mass is 451 g/mol. The molecule has 1 aliphatic rings. The van der Waals surface area contributed by atoms with Gasteiger partial charge in [0.25, 0.3) is 0 Å². The third-order valence-electron chi connectivity index (χ3n) is 4.71. The number of nitrogens with one attached hydrogen (secondary N) is 3. The Labute approximate surface area is 185 Å². The maximum Gasteiger partial charge on any atom is 0.341 e. The zero-order valence-corrected chi connectivity index (χ0v) is 19.7. The van der Waals surface area contributed by atoms with E-state index in [0.717, 1.165) is 4.88 Å². The first kappa shape index (κ1) is 24.4. The number of aryl methyl sites for hydroxylation is 1. The van der Waals surface area contributed by atoms with Crippen molar-refractivity contribution < 1.29 is 28.7 Å². The molecule has 2 heterocycles. The Morgan fingerprint density at radius 3 is 2.35 bits per heavy atom. The summed E-state index contributed by atoms with van der Waals surface area (Å²) in [6.07, 6.45) is 0. The van der Waals surface area contributed by atoms with Crippen LogP contribution in [-0.4, -0.2) is 43.1 Å². The van der Waals surface area contributed by atoms with E-state index in [1.807, 2.05) is 6.92 Å². The first-order chi connectivity index (χ1) is 14.4. The van der Waals surface area contributed by atoms with Crippen molar-refractivity contribution in [3.63, 3.8) is 0 Å². The molecule has 0 unspecified atom stereocenters. The highest BCUT2D eigenvalue weighted by atomic mass is 32.1. The second-order valence-corrected chi connectivity index (χ2v) is 9.43. The van der Waals surface area contributed by atoms with Crippen LogP contribution in [0.5, 0.6) is 0 Å². The molecule has 0 saturated heterocycles. The fraction of sp³-hybridized carbons (Fsp3) is 0.524. The second-order valence-electron chi connectivity index (χ2n) is 8.20. The van der Waals surface area contributed by atoms with Crippen molar-refractivity contribution in [3.05, 3.63) is 27.3 Å². The van der Waals surface area contributed by atoms with E-state index in [2.05, 4.69) is 16.0 Å². The van der Waals surface area contributed by atoms with Gasteiger partial charge in [-0.1, -0.05) is 20.8 Å². The van der Waals surface area contributed by atoms with Gasteiger partial charge >= 0.3 is 18.0 Å². The molecule has 0 aliphatic carbocycles. The van der Waals surface area contributed by atoms with Crippen LogP contribution in [-0.2, 0) is 19.1 Å². The fourth-order valence-corrected chi connectivity index (χ4v) is 3.90. The van der Waals surface area contributed by atoms with Crippen molar-refractivity contribution in [2.45, 2.75) is 54.5 Å². The summed E-state index contributed by atoms with van der Waals surface area (Å²) in [5.41, 5.74) is 0.664. The summed E-state index contributed by atoms with van der Waals surface area (Å²) in [5, 5.41) is 8.30. The number of thiophene rings is 1. The van der Waals surface area contributed by atoms with Gasteiger partial charge in [-0.15, -0.1) is 11.3 Å². The van der Waals surface area contributed by atoms with Crippen molar-refractivity contribution in [2.75, 3.05) is 18.5 Å². The minimum Gasteiger partial charge on any atom is -0.463 e. The molecule has 1 aromatic heterocycles. The van der Waals surface area contributed by atoms with Crippen LogP contribution < -0.4 is 16.0 Å². The van der Waals surface area contributed by atoms with Crippen LogP contribution in [0.2, 0.25) is 0 Å². The molecule has 1 atom stereocenters. The lowest BCUT2D eigenvalue weighted by Crippen LogP contribution is -2.50. The van der Waals surface area contributed by atoms with Crippen LogP contribution in [0.25, 0.3) is 0 Å². The van der Waals surface area contributed by atoms with E-state index >= 15 is 0 Å². The van der Waals surface area contributed by atoms with Gasteiger partial charge in [0.15, 0.2) is 0 Å². The van der Waals surface area contributed by atoms with Crippen LogP contribution in [0.3, 0.4) is 0 Å². The highest BCUT2D eigenvalue weighted by molar-refractivity contribution is 7.16. The summed E-state index contributed by atoms with van der Waals surface area (Å²) >= 11 is 1.29. The Bertz CT molecular complexity index is 942. The molecule has 0 radical (unpaired) electrons. The molecule has 31 heavy (non-hydrogen) atoms. The highest BCUT2D eigenvalue weighted by Crippen LogP contribution is 2.34. The lowest BCUT2D eigenvalue weighted by atomic mass is 9.96. The minimum atomic E-state index is -0.665. The topological polar surface area (TPSA) is 123 Å². The second kappa shape index (κ2) is 9.51. The van der Waals surface area contributed by atoms with Crippen LogP contribution >= 0.6 is 11.3 Å². The number of ether oxygens (including phenoxy) is 2. The fourth-order valence-electron chi connectivity index (χ4n) is 2.85. The first-order valence-electron chi connectivity index (χ1n) is 9.93. The van der Waals surface area contributed by atoms with Crippen molar-refractivity contribution >= 4 is 40.2 Å². The summed E-state index contributed by atoms with van der Waals surface area (Å²) in [6, 6.07) is -1.11. The highest BCUT2D eigenvalue weighted by Gasteiger charge is 2.31. The van der Waals surface area contributed by atoms with Gasteiger partial charge in [-0.25, -0.2) is 14.4 Å². The van der Waals surface area contributed by atoms with E-state index in [-0.39, 0.29) is 36.0 Å². The van der Waals surface area contributed by atoms with Crippen LogP contribution in [0.4, 0.5) is 9.80 Å². The van der Waals surface area contributed by atoms with Crippen molar-refractivity contribution in [1.29, 1.82) is 0 Å². The first-order valence-corrected chi connectivity index (χ1v) is 10.7. The molecule has 0 spiro atoms. The summed E-state index contributed by atoms with van der Waals surface area (Å²) in [4.78, 5) is 50.4. The molecular weight excluding hydrogens is 422 g/mol. The Morgan fingerprint density at radius 2 is 1.77 bits per heavy atom. The lowest BCUT2D eigenvalue weighted by molar-refractivity contribution is -0.139. The lowest BCUT2D eigenvalue weighted by Gasteiger charge is -2.26. The standard InChI is InChI=1S/C21H29N3O6S/c1-8-29-18(26)15-11(3)22-20(28)23-13(15)9-30-17(25)14-10(2)12(4)31-16(14)24-19(27)21(5,6)7/h11H,8-9H2,1-7H3,(H,24,27)(H2,22,23,28)/t11-/m0/s1. The third-order valence-corrected chi connectivity index (χ3v) is 5.83. The number of amides is 3. The van der Waals surface area contributed by atoms with Gasteiger partial charge in [0.1, 0.15) is 11.6 Å². The molecule has 9 nitrogen and oxygen atoms in total. The average molecular weight is 452 g/mol. The van der Waals surface area contributed by atoms with E-state index < -0.39 is 29.4 Å². The summed E-state index contributed by atoms with van der Waals surface area (Å²) in [5.74, 6) is -1.49. The number of rotatable bonds is 6. The van der Waals surface area contributed by atoms with Crippen molar-refractivity contribution in [2.24, 2.45) is 5.41 Å². The SMILES string of the molecule is CCOC(=O)C1=C(COC(=O)c2c(NC(=O)C(C)(C)C)sc(C)c2C)NC(=O)N[C@H]1C. The largest absolute Gasteiger partial charge is 0.463 e. The maximum atomic E-state index is 12.9. The number of hydrogen-bond acceptors (Lipinski definition) is 7. The van der Waals surface area contributed by atoms with E-state index in [9.17, 15) is 19.2 Å². The molecule has 0 aromatic carbocycles. The van der Waals surface area contributed by atoms with Gasteiger partial charge in [0.2, 0.25) is 5.91 Å². The minimum absolute atomic E-state index is 0.160. The van der Waals surface area contributed by atoms with Crippen LogP contribution in [0.1, 0.15) is 55.4 Å². The zero-order valence-electron chi connectivity index (χ0n) is 18.8. The van der Waals surface area contributed by atoms with Gasteiger partial charge in [-0.2, -0.15) is 0 Å². The molecule has 1 aliphatic heterocycles. The van der Waals surface area contributed by atoms with Gasteiger partial charge in [-0.05, 0) is 33.3 Å². The molecule has 1 aromatic rings. The van der Waals surface area contributed by atoms with Crippen LogP contribution in [0, 0.1) is 19.3 Å². The molecular formula is C21H29N3O6S. The molecule has 3 N–H and O–H groups in total. The molecule has 3 amide bonds. The molecule has 0 saturated carbocycles. The Hall–Kier alpha value is -2.88. The maximum absolute atomic E-state index is 12.9. The third kappa shape index (κ3) is 5.63. The molecule has 2 rings (SSSR count). The quantitative estimate of drug-likeness (QED) is 0.572. The van der Waals surface area contributed by atoms with E-state index in [0.29, 0.717) is 10.6 Å². The number of carbonyl (C=O) groups excluding carboxylic acids is 4. The van der Waals surface area contributed by atoms with E-state index in [4.69, 9.17) is 9.47 Å². The summed E-state index contributed by atoms with van der Waals surface area (Å²) in [7, 11) is 0. The number of urea groups is 1. The Kier molecular flexibility index (Phi) is 7.48. The van der Waals surface area contributed by atoms with Gasteiger partial charge < -0.3 is 25.4 Å². The summed E-state index contributed by atoms with van der Waals surface area (Å²) < 4.78 is 10.5. The van der Waals surface area contributed by atoms with Crippen molar-refractivity contribution in [3.8, 4) is 0 Å². The Morgan fingerprint density at radius 1 is 1.13 bits per heavy atom. The predicted octanol–water partition coefficient (Wildman–Crippen LogP) is 3.02. The number of carbonyl (C=O) groups is 4. The summed E-state index contributed by atoms with van der Waals surface area (Å²) in [6.45, 7) is 12.1. The van der Waals surface area contributed by atoms with Gasteiger partial charge in [-0.3, -0.25) is 4.79 Å². The smallest absolute Gasteiger partial charge is 0.341 e. The van der Waals surface area contributed by atoms with E-state index in [1.54, 1.807) is 41.5 Å². The van der Waals surface area contributed by atoms with Gasteiger partial charge in [0.05, 0.1) is 29.5 Å². The number of hydrogen-bond donors (Lipinski definition) is 3. The molecule has 10 heteroatoms. The number of esters is 2. The van der Waals surface area contributed by atoms with Crippen molar-refractivity contribution in [1.82, 2.24) is 10.6 Å². The zero-order chi connectivity index (χ0) is 23.5. The normalized spacial score (nSPS) is 16.4. The molecule has 0 bridgehead atoms. The van der Waals surface area contributed by atoms with Gasteiger partial charge in [0, 0.05) is 10.3 Å². The van der Waals surface area contributed by atoms with Crippen LogP contribution in [0.15, 0.2) is 11.3 Å². The average Bonchev–Trinajstić information content (AvgIpc) is 2.92.